The predicted octanol–water partition coefficient (Wildman–Crippen LogP) is 0.836. The third-order valence-electron chi connectivity index (χ3n) is 3.66. The number of hydrogen-bond donors (Lipinski definition) is 1. The molecule has 1 aliphatic heterocycles. The minimum atomic E-state index is 0.630. The molecule has 1 saturated heterocycles. The molecular weight excluding hydrogens is 176 g/mol. The molecule has 0 radical (unpaired) electrons. The van der Waals surface area contributed by atoms with Crippen molar-refractivity contribution >= 4 is 0 Å². The van der Waals surface area contributed by atoms with Gasteiger partial charge >= 0.3 is 0 Å². The highest BCUT2D eigenvalue weighted by Crippen LogP contribution is 2.32. The minimum absolute atomic E-state index is 0.630. The first-order chi connectivity index (χ1) is 6.92. The summed E-state index contributed by atoms with van der Waals surface area (Å²) in [5.41, 5.74) is 5.88. The zero-order valence-corrected chi connectivity index (χ0v) is 8.95. The van der Waals surface area contributed by atoms with Gasteiger partial charge in [0.2, 0.25) is 0 Å². The van der Waals surface area contributed by atoms with Crippen LogP contribution in [0.15, 0.2) is 0 Å². The molecule has 2 rings (SSSR count). The lowest BCUT2D eigenvalue weighted by Gasteiger charge is -2.40. The number of nitrogens with two attached hydrogens (primary N) is 1. The molecular formula is C11H22N2O. The van der Waals surface area contributed by atoms with Gasteiger partial charge in [0.15, 0.2) is 0 Å². The molecule has 0 aromatic heterocycles. The van der Waals surface area contributed by atoms with Crippen LogP contribution in [0.4, 0.5) is 0 Å². The van der Waals surface area contributed by atoms with Crippen molar-refractivity contribution in [2.24, 2.45) is 11.7 Å². The van der Waals surface area contributed by atoms with Crippen LogP contribution in [0.3, 0.4) is 0 Å². The van der Waals surface area contributed by atoms with Crippen LogP contribution < -0.4 is 5.73 Å². The van der Waals surface area contributed by atoms with E-state index in [2.05, 4.69) is 4.90 Å². The maximum absolute atomic E-state index is 5.88. The van der Waals surface area contributed by atoms with Crippen LogP contribution in [0.2, 0.25) is 0 Å². The third kappa shape index (κ3) is 2.27. The highest BCUT2D eigenvalue weighted by molar-refractivity contribution is 4.86. The molecule has 82 valence electrons. The highest BCUT2D eigenvalue weighted by atomic mass is 16.5. The Kier molecular flexibility index (Phi) is 3.79. The Hall–Kier alpha value is -0.120. The molecule has 2 aliphatic rings. The van der Waals surface area contributed by atoms with E-state index in [0.29, 0.717) is 6.04 Å². The maximum Gasteiger partial charge on any atom is 0.0593 e. The summed E-state index contributed by atoms with van der Waals surface area (Å²) in [7, 11) is 0. The molecule has 2 fully saturated rings. The van der Waals surface area contributed by atoms with Gasteiger partial charge in [-0.25, -0.2) is 0 Å². The van der Waals surface area contributed by atoms with Crippen LogP contribution >= 0.6 is 0 Å². The topological polar surface area (TPSA) is 38.5 Å². The molecule has 0 bridgehead atoms. The van der Waals surface area contributed by atoms with Gasteiger partial charge in [0, 0.05) is 32.3 Å². The van der Waals surface area contributed by atoms with Crippen molar-refractivity contribution in [2.45, 2.75) is 31.7 Å². The first kappa shape index (κ1) is 10.4. The van der Waals surface area contributed by atoms with E-state index in [1.54, 1.807) is 0 Å². The van der Waals surface area contributed by atoms with Gasteiger partial charge in [-0.3, -0.25) is 4.90 Å². The van der Waals surface area contributed by atoms with E-state index in [1.807, 2.05) is 0 Å². The number of rotatable bonds is 3. The fourth-order valence-electron chi connectivity index (χ4n) is 2.56. The number of hydrogen-bond acceptors (Lipinski definition) is 3. The van der Waals surface area contributed by atoms with Crippen LogP contribution in [0, 0.1) is 5.92 Å². The summed E-state index contributed by atoms with van der Waals surface area (Å²) in [6, 6.07) is 0.630. The number of nitrogens with zero attached hydrogens (tertiary/aromatic N) is 1. The normalized spacial score (nSPS) is 28.1. The Morgan fingerprint density at radius 3 is 2.71 bits per heavy atom. The zero-order chi connectivity index (χ0) is 9.80. The monoisotopic (exact) mass is 198 g/mol. The predicted molar refractivity (Wildman–Crippen MR) is 57.2 cm³/mol. The first-order valence-corrected chi connectivity index (χ1v) is 5.93. The molecule has 0 aromatic rings. The lowest BCUT2D eigenvalue weighted by molar-refractivity contribution is 0.0898. The second-order valence-corrected chi connectivity index (χ2v) is 4.50. The van der Waals surface area contributed by atoms with E-state index in [-0.39, 0.29) is 0 Å². The van der Waals surface area contributed by atoms with Gasteiger partial charge in [-0.2, -0.15) is 0 Å². The van der Waals surface area contributed by atoms with Crippen molar-refractivity contribution in [3.05, 3.63) is 0 Å². The molecule has 1 heterocycles. The van der Waals surface area contributed by atoms with Crippen LogP contribution in [0.5, 0.6) is 0 Å². The average Bonchev–Trinajstić information content (AvgIpc) is 2.38. The molecule has 1 saturated carbocycles. The van der Waals surface area contributed by atoms with Crippen molar-refractivity contribution in [3.8, 4) is 0 Å². The molecule has 14 heavy (non-hydrogen) atoms. The Labute approximate surface area is 86.6 Å². The van der Waals surface area contributed by atoms with Gasteiger partial charge in [0.1, 0.15) is 0 Å². The fraction of sp³-hybridized carbons (Fsp3) is 1.00. The van der Waals surface area contributed by atoms with E-state index in [9.17, 15) is 0 Å². The minimum Gasteiger partial charge on any atom is -0.380 e. The van der Waals surface area contributed by atoms with E-state index < -0.39 is 0 Å². The van der Waals surface area contributed by atoms with Crippen LogP contribution in [-0.4, -0.2) is 43.8 Å². The van der Waals surface area contributed by atoms with E-state index in [1.165, 1.54) is 32.2 Å². The molecule has 1 aliphatic carbocycles. The third-order valence-corrected chi connectivity index (χ3v) is 3.66. The Bertz CT molecular complexity index is 163. The van der Waals surface area contributed by atoms with E-state index in [4.69, 9.17) is 10.5 Å². The van der Waals surface area contributed by atoms with Crippen LogP contribution in [0.1, 0.15) is 25.7 Å². The summed E-state index contributed by atoms with van der Waals surface area (Å²) in [4.78, 5) is 2.55. The summed E-state index contributed by atoms with van der Waals surface area (Å²) >= 11 is 0. The fourth-order valence-corrected chi connectivity index (χ4v) is 2.56. The summed E-state index contributed by atoms with van der Waals surface area (Å²) in [5.74, 6) is 0.873. The van der Waals surface area contributed by atoms with Crippen molar-refractivity contribution in [2.75, 3.05) is 32.8 Å². The van der Waals surface area contributed by atoms with Gasteiger partial charge in [-0.1, -0.05) is 6.42 Å². The van der Waals surface area contributed by atoms with Gasteiger partial charge in [-0.05, 0) is 25.2 Å². The SMILES string of the molecule is NCC(C1CCC1)N1CCCOCC1. The molecule has 1 unspecified atom stereocenters. The summed E-state index contributed by atoms with van der Waals surface area (Å²) < 4.78 is 5.47. The molecule has 0 aromatic carbocycles. The molecule has 2 N–H and O–H groups in total. The Balaban J connectivity index is 1.87. The van der Waals surface area contributed by atoms with E-state index >= 15 is 0 Å². The lowest BCUT2D eigenvalue weighted by Crippen LogP contribution is -2.48. The van der Waals surface area contributed by atoms with Crippen LogP contribution in [0.25, 0.3) is 0 Å². The lowest BCUT2D eigenvalue weighted by atomic mass is 9.79. The van der Waals surface area contributed by atoms with Crippen molar-refractivity contribution < 1.29 is 4.74 Å². The van der Waals surface area contributed by atoms with Gasteiger partial charge < -0.3 is 10.5 Å². The molecule has 3 heteroatoms. The van der Waals surface area contributed by atoms with Gasteiger partial charge in [0.05, 0.1) is 6.61 Å². The first-order valence-electron chi connectivity index (χ1n) is 5.93. The standard InChI is InChI=1S/C11H22N2O/c12-9-11(10-3-1-4-10)13-5-2-7-14-8-6-13/h10-11H,1-9,12H2. The smallest absolute Gasteiger partial charge is 0.0593 e. The number of ether oxygens (including phenoxy) is 1. The summed E-state index contributed by atoms with van der Waals surface area (Å²) in [5, 5.41) is 0. The largest absolute Gasteiger partial charge is 0.380 e. The summed E-state index contributed by atoms with van der Waals surface area (Å²) in [6.45, 7) is 4.91. The quantitative estimate of drug-likeness (QED) is 0.730. The van der Waals surface area contributed by atoms with Crippen LogP contribution in [-0.2, 0) is 4.74 Å². The maximum atomic E-state index is 5.88. The van der Waals surface area contributed by atoms with Gasteiger partial charge in [-0.15, -0.1) is 0 Å². The van der Waals surface area contributed by atoms with Crippen molar-refractivity contribution in [3.63, 3.8) is 0 Å². The van der Waals surface area contributed by atoms with Gasteiger partial charge in [0.25, 0.3) is 0 Å². The Morgan fingerprint density at radius 1 is 1.21 bits per heavy atom. The van der Waals surface area contributed by atoms with Crippen molar-refractivity contribution in [1.82, 2.24) is 4.90 Å². The average molecular weight is 198 g/mol. The highest BCUT2D eigenvalue weighted by Gasteiger charge is 2.30. The summed E-state index contributed by atoms with van der Waals surface area (Å²) in [6.07, 6.45) is 5.35. The Morgan fingerprint density at radius 2 is 2.07 bits per heavy atom. The zero-order valence-electron chi connectivity index (χ0n) is 8.95. The van der Waals surface area contributed by atoms with E-state index in [0.717, 1.165) is 32.2 Å². The van der Waals surface area contributed by atoms with Crippen molar-refractivity contribution in [1.29, 1.82) is 0 Å². The molecule has 3 nitrogen and oxygen atoms in total. The molecule has 1 atom stereocenters. The second-order valence-electron chi connectivity index (χ2n) is 4.50. The second kappa shape index (κ2) is 5.10. The molecule has 0 amide bonds. The molecule has 0 spiro atoms.